The van der Waals surface area contributed by atoms with E-state index in [-0.39, 0.29) is 0 Å². The van der Waals surface area contributed by atoms with E-state index in [9.17, 15) is 0 Å². The van der Waals surface area contributed by atoms with Gasteiger partial charge in [-0.1, -0.05) is 0 Å². The second kappa shape index (κ2) is 5.17. The molecule has 0 aromatic carbocycles. The molecule has 90 valence electrons. The minimum atomic E-state index is 0.612. The van der Waals surface area contributed by atoms with Gasteiger partial charge in [-0.2, -0.15) is 0 Å². The molecule has 0 aliphatic carbocycles. The van der Waals surface area contributed by atoms with Crippen LogP contribution in [0.3, 0.4) is 0 Å². The molecule has 2 unspecified atom stereocenters. The third kappa shape index (κ3) is 2.86. The maximum atomic E-state index is 3.60. The highest BCUT2D eigenvalue weighted by molar-refractivity contribution is 9.11. The Bertz CT molecular complexity index is 344. The van der Waals surface area contributed by atoms with E-state index in [0.717, 1.165) is 19.6 Å². The Morgan fingerprint density at radius 3 is 2.94 bits per heavy atom. The minimum Gasteiger partial charge on any atom is -0.311 e. The summed E-state index contributed by atoms with van der Waals surface area (Å²) in [4.78, 5) is 4.03. The SMILES string of the molecule is Cc1cc(CN2CC(C)NCC2C)sc1Br. The van der Waals surface area contributed by atoms with Gasteiger partial charge >= 0.3 is 0 Å². The maximum Gasteiger partial charge on any atom is 0.0730 e. The zero-order chi connectivity index (χ0) is 11.7. The fourth-order valence-corrected chi connectivity index (χ4v) is 3.77. The topological polar surface area (TPSA) is 15.3 Å². The van der Waals surface area contributed by atoms with Gasteiger partial charge in [0, 0.05) is 36.6 Å². The van der Waals surface area contributed by atoms with Crippen molar-refractivity contribution in [2.45, 2.75) is 39.4 Å². The molecule has 1 fully saturated rings. The molecule has 0 bridgehead atoms. The lowest BCUT2D eigenvalue weighted by molar-refractivity contribution is 0.140. The molecular formula is C12H19BrN2S. The zero-order valence-electron chi connectivity index (χ0n) is 10.1. The summed E-state index contributed by atoms with van der Waals surface area (Å²) in [5.74, 6) is 0. The van der Waals surface area contributed by atoms with Crippen molar-refractivity contribution in [3.05, 3.63) is 20.3 Å². The van der Waals surface area contributed by atoms with Crippen LogP contribution in [0.25, 0.3) is 0 Å². The van der Waals surface area contributed by atoms with Crippen LogP contribution >= 0.6 is 27.3 Å². The predicted molar refractivity (Wildman–Crippen MR) is 74.1 cm³/mol. The zero-order valence-corrected chi connectivity index (χ0v) is 12.5. The number of piperazine rings is 1. The van der Waals surface area contributed by atoms with Crippen LogP contribution in [0.2, 0.25) is 0 Å². The van der Waals surface area contributed by atoms with Gasteiger partial charge in [0.15, 0.2) is 0 Å². The Morgan fingerprint density at radius 2 is 2.31 bits per heavy atom. The monoisotopic (exact) mass is 302 g/mol. The first-order chi connectivity index (χ1) is 7.56. The van der Waals surface area contributed by atoms with Crippen LogP contribution in [-0.4, -0.2) is 30.1 Å². The quantitative estimate of drug-likeness (QED) is 0.903. The van der Waals surface area contributed by atoms with Crippen LogP contribution < -0.4 is 5.32 Å². The molecule has 2 nitrogen and oxygen atoms in total. The Labute approximate surface area is 110 Å². The molecule has 1 aromatic heterocycles. The highest BCUT2D eigenvalue weighted by Gasteiger charge is 2.22. The second-order valence-electron chi connectivity index (χ2n) is 4.76. The van der Waals surface area contributed by atoms with Crippen molar-refractivity contribution in [3.8, 4) is 0 Å². The van der Waals surface area contributed by atoms with Crippen molar-refractivity contribution in [3.63, 3.8) is 0 Å². The lowest BCUT2D eigenvalue weighted by Gasteiger charge is -2.37. The summed E-state index contributed by atoms with van der Waals surface area (Å²) < 4.78 is 1.28. The lowest BCUT2D eigenvalue weighted by Crippen LogP contribution is -2.53. The molecule has 1 saturated heterocycles. The van der Waals surface area contributed by atoms with Crippen LogP contribution in [0.15, 0.2) is 9.85 Å². The Hall–Kier alpha value is 0.100. The van der Waals surface area contributed by atoms with Gasteiger partial charge < -0.3 is 5.32 Å². The van der Waals surface area contributed by atoms with E-state index in [1.54, 1.807) is 0 Å². The summed E-state index contributed by atoms with van der Waals surface area (Å²) in [6.07, 6.45) is 0. The molecule has 1 aromatic rings. The van der Waals surface area contributed by atoms with Gasteiger partial charge in [-0.3, -0.25) is 4.90 Å². The largest absolute Gasteiger partial charge is 0.311 e. The average molecular weight is 303 g/mol. The highest BCUT2D eigenvalue weighted by Crippen LogP contribution is 2.28. The molecule has 1 aliphatic rings. The number of hydrogen-bond acceptors (Lipinski definition) is 3. The van der Waals surface area contributed by atoms with Crippen molar-refractivity contribution < 1.29 is 0 Å². The fourth-order valence-electron chi connectivity index (χ4n) is 2.12. The number of hydrogen-bond donors (Lipinski definition) is 1. The number of nitrogens with one attached hydrogen (secondary N) is 1. The normalized spacial score (nSPS) is 27.2. The number of rotatable bonds is 2. The summed E-state index contributed by atoms with van der Waals surface area (Å²) in [6, 6.07) is 3.55. The Kier molecular flexibility index (Phi) is 4.06. The summed E-state index contributed by atoms with van der Waals surface area (Å²) in [7, 11) is 0. The Balaban J connectivity index is 2.02. The number of nitrogens with zero attached hydrogens (tertiary/aromatic N) is 1. The van der Waals surface area contributed by atoms with Crippen LogP contribution in [0.1, 0.15) is 24.3 Å². The molecule has 2 heterocycles. The summed E-state index contributed by atoms with van der Waals surface area (Å²) in [5.41, 5.74) is 1.36. The van der Waals surface area contributed by atoms with Gasteiger partial charge in [-0.05, 0) is 48.3 Å². The smallest absolute Gasteiger partial charge is 0.0730 e. The van der Waals surface area contributed by atoms with Crippen LogP contribution in [0, 0.1) is 6.92 Å². The predicted octanol–water partition coefficient (Wildman–Crippen LogP) is 3.00. The molecule has 0 spiro atoms. The van der Waals surface area contributed by atoms with Crippen LogP contribution in [0.4, 0.5) is 0 Å². The number of thiophene rings is 1. The number of halogens is 1. The molecule has 1 aliphatic heterocycles. The van der Waals surface area contributed by atoms with Gasteiger partial charge in [0.25, 0.3) is 0 Å². The summed E-state index contributed by atoms with van der Waals surface area (Å²) >= 11 is 5.46. The summed E-state index contributed by atoms with van der Waals surface area (Å²) in [6.45, 7) is 10.1. The van der Waals surface area contributed by atoms with E-state index in [0.29, 0.717) is 12.1 Å². The van der Waals surface area contributed by atoms with Gasteiger partial charge in [-0.25, -0.2) is 0 Å². The molecule has 2 rings (SSSR count). The van der Waals surface area contributed by atoms with Crippen molar-refractivity contribution >= 4 is 27.3 Å². The van der Waals surface area contributed by atoms with Gasteiger partial charge in [0.2, 0.25) is 0 Å². The van der Waals surface area contributed by atoms with Crippen molar-refractivity contribution in [1.82, 2.24) is 10.2 Å². The molecule has 16 heavy (non-hydrogen) atoms. The molecule has 1 N–H and O–H groups in total. The third-order valence-corrected chi connectivity index (χ3v) is 5.28. The van der Waals surface area contributed by atoms with Crippen molar-refractivity contribution in [1.29, 1.82) is 0 Å². The molecule has 4 heteroatoms. The molecule has 0 amide bonds. The van der Waals surface area contributed by atoms with Crippen LogP contribution in [0.5, 0.6) is 0 Å². The van der Waals surface area contributed by atoms with E-state index >= 15 is 0 Å². The number of aryl methyl sites for hydroxylation is 1. The first-order valence-electron chi connectivity index (χ1n) is 5.78. The Morgan fingerprint density at radius 1 is 1.56 bits per heavy atom. The first kappa shape index (κ1) is 12.6. The molecule has 2 atom stereocenters. The average Bonchev–Trinajstić information content (AvgIpc) is 2.52. The molecule has 0 radical (unpaired) electrons. The second-order valence-corrected chi connectivity index (χ2v) is 7.21. The van der Waals surface area contributed by atoms with E-state index in [4.69, 9.17) is 0 Å². The van der Waals surface area contributed by atoms with Gasteiger partial charge in [-0.15, -0.1) is 11.3 Å². The van der Waals surface area contributed by atoms with Crippen LogP contribution in [-0.2, 0) is 6.54 Å². The fraction of sp³-hybridized carbons (Fsp3) is 0.667. The van der Waals surface area contributed by atoms with Crippen molar-refractivity contribution in [2.75, 3.05) is 13.1 Å². The minimum absolute atomic E-state index is 0.612. The van der Waals surface area contributed by atoms with Gasteiger partial charge in [0.05, 0.1) is 3.79 Å². The molecular weight excluding hydrogens is 284 g/mol. The van der Waals surface area contributed by atoms with E-state index < -0.39 is 0 Å². The van der Waals surface area contributed by atoms with Crippen molar-refractivity contribution in [2.24, 2.45) is 0 Å². The van der Waals surface area contributed by atoms with E-state index in [1.165, 1.54) is 14.2 Å². The van der Waals surface area contributed by atoms with E-state index in [1.807, 2.05) is 11.3 Å². The maximum absolute atomic E-state index is 3.60. The van der Waals surface area contributed by atoms with E-state index in [2.05, 4.69) is 53.0 Å². The molecule has 0 saturated carbocycles. The van der Waals surface area contributed by atoms with Gasteiger partial charge in [0.1, 0.15) is 0 Å². The first-order valence-corrected chi connectivity index (χ1v) is 7.39. The third-order valence-electron chi connectivity index (χ3n) is 3.16. The lowest BCUT2D eigenvalue weighted by atomic mass is 10.1. The highest BCUT2D eigenvalue weighted by atomic mass is 79.9. The standard InChI is InChI=1S/C12H19BrN2S/c1-8-4-11(16-12(8)13)7-15-6-9(2)14-5-10(15)3/h4,9-10,14H,5-7H2,1-3H3. The summed E-state index contributed by atoms with van der Waals surface area (Å²) in [5, 5.41) is 3.52.